The highest BCUT2D eigenvalue weighted by Crippen LogP contribution is 2.32. The number of carbonyl (C=O) groups excluding carboxylic acids is 1. The number of nitrogens with zero attached hydrogens (tertiary/aromatic N) is 2. The second-order valence-electron chi connectivity index (χ2n) is 8.75. The fourth-order valence-electron chi connectivity index (χ4n) is 4.92. The van der Waals surface area contributed by atoms with Crippen LogP contribution in [-0.2, 0) is 13.1 Å². The van der Waals surface area contributed by atoms with Gasteiger partial charge in [-0.1, -0.05) is 42.0 Å². The largest absolute Gasteiger partial charge is 0.350 e. The molecular weight excluding hydrogens is 358 g/mol. The summed E-state index contributed by atoms with van der Waals surface area (Å²) >= 11 is 0. The second kappa shape index (κ2) is 7.68. The maximum absolute atomic E-state index is 12.9. The van der Waals surface area contributed by atoms with Crippen LogP contribution in [0.4, 0.5) is 0 Å². The van der Waals surface area contributed by atoms with Crippen LogP contribution in [0.5, 0.6) is 0 Å². The lowest BCUT2D eigenvalue weighted by atomic mass is 9.93. The van der Waals surface area contributed by atoms with Crippen LogP contribution >= 0.6 is 0 Å². The Kier molecular flexibility index (Phi) is 4.88. The summed E-state index contributed by atoms with van der Waals surface area (Å²) in [6, 6.07) is 17.1. The van der Waals surface area contributed by atoms with Crippen LogP contribution in [0.25, 0.3) is 10.9 Å². The normalized spacial score (nSPS) is 18.0. The molecule has 0 unspecified atom stereocenters. The Morgan fingerprint density at radius 1 is 1.07 bits per heavy atom. The van der Waals surface area contributed by atoms with E-state index in [1.807, 2.05) is 4.90 Å². The first-order chi connectivity index (χ1) is 14.2. The predicted molar refractivity (Wildman–Crippen MR) is 117 cm³/mol. The molecule has 0 atom stereocenters. The Morgan fingerprint density at radius 3 is 2.66 bits per heavy atom. The molecule has 3 heterocycles. The maximum Gasteiger partial charge on any atom is 0.270 e. The summed E-state index contributed by atoms with van der Waals surface area (Å²) in [5.74, 6) is 0.906. The molecule has 0 saturated carbocycles. The molecule has 2 aliphatic heterocycles. The summed E-state index contributed by atoms with van der Waals surface area (Å²) in [6.45, 7) is 7.12. The third kappa shape index (κ3) is 3.69. The first-order valence-electron chi connectivity index (χ1n) is 10.8. The minimum Gasteiger partial charge on any atom is -0.350 e. The lowest BCUT2D eigenvalue weighted by Gasteiger charge is -2.32. The first-order valence-corrected chi connectivity index (χ1v) is 10.8. The highest BCUT2D eigenvalue weighted by Gasteiger charge is 2.31. The molecule has 4 nitrogen and oxygen atoms in total. The van der Waals surface area contributed by atoms with Crippen molar-refractivity contribution in [3.8, 4) is 0 Å². The number of benzene rings is 2. The van der Waals surface area contributed by atoms with E-state index in [0.29, 0.717) is 0 Å². The first kappa shape index (κ1) is 18.4. The summed E-state index contributed by atoms with van der Waals surface area (Å²) < 4.78 is 0. The highest BCUT2D eigenvalue weighted by molar-refractivity contribution is 6.04. The van der Waals surface area contributed by atoms with Crippen molar-refractivity contribution in [3.63, 3.8) is 0 Å². The molecule has 1 N–H and O–H groups in total. The molecular formula is C25H29N3O. The van der Waals surface area contributed by atoms with Crippen molar-refractivity contribution < 1.29 is 4.79 Å². The van der Waals surface area contributed by atoms with E-state index in [4.69, 9.17) is 0 Å². The predicted octanol–water partition coefficient (Wildman–Crippen LogP) is 4.73. The lowest BCUT2D eigenvalue weighted by Crippen LogP contribution is -2.35. The summed E-state index contributed by atoms with van der Waals surface area (Å²) in [6.07, 6.45) is 3.59. The summed E-state index contributed by atoms with van der Waals surface area (Å²) in [5, 5.41) is 1.21. The SMILES string of the molecule is Cc1ccc2[nH]c3c(c2c1)CN(CCC1CCN(Cc2ccccc2)CC1)C3=O. The van der Waals surface area contributed by atoms with Gasteiger partial charge < -0.3 is 9.88 Å². The molecule has 0 spiro atoms. The van der Waals surface area contributed by atoms with E-state index < -0.39 is 0 Å². The van der Waals surface area contributed by atoms with Crippen molar-refractivity contribution in [1.82, 2.24) is 14.8 Å². The van der Waals surface area contributed by atoms with Crippen molar-refractivity contribution in [2.24, 2.45) is 5.92 Å². The van der Waals surface area contributed by atoms with E-state index in [2.05, 4.69) is 65.3 Å². The Hall–Kier alpha value is -2.59. The van der Waals surface area contributed by atoms with Gasteiger partial charge in [0.05, 0.1) is 0 Å². The monoisotopic (exact) mass is 387 g/mol. The quantitative estimate of drug-likeness (QED) is 0.687. The minimum atomic E-state index is 0.176. The Balaban J connectivity index is 1.14. The number of nitrogens with one attached hydrogen (secondary N) is 1. The Labute approximate surface area is 172 Å². The van der Waals surface area contributed by atoms with Crippen molar-refractivity contribution in [2.75, 3.05) is 19.6 Å². The number of aromatic amines is 1. The van der Waals surface area contributed by atoms with Gasteiger partial charge in [0.1, 0.15) is 5.69 Å². The van der Waals surface area contributed by atoms with E-state index in [0.717, 1.165) is 56.3 Å². The van der Waals surface area contributed by atoms with Crippen molar-refractivity contribution in [1.29, 1.82) is 0 Å². The molecule has 1 saturated heterocycles. The topological polar surface area (TPSA) is 39.3 Å². The van der Waals surface area contributed by atoms with Gasteiger partial charge in [0.15, 0.2) is 0 Å². The van der Waals surface area contributed by atoms with Crippen LogP contribution in [0.2, 0.25) is 0 Å². The number of hydrogen-bond donors (Lipinski definition) is 1. The van der Waals surface area contributed by atoms with Gasteiger partial charge in [0, 0.05) is 36.1 Å². The van der Waals surface area contributed by atoms with Gasteiger partial charge in [-0.2, -0.15) is 0 Å². The molecule has 1 fully saturated rings. The fraction of sp³-hybridized carbons (Fsp3) is 0.400. The average molecular weight is 388 g/mol. The minimum absolute atomic E-state index is 0.176. The average Bonchev–Trinajstić information content (AvgIpc) is 3.24. The van der Waals surface area contributed by atoms with Crippen LogP contribution in [-0.4, -0.2) is 40.3 Å². The number of piperidine rings is 1. The molecule has 4 heteroatoms. The number of rotatable bonds is 5. The molecule has 0 aliphatic carbocycles. The van der Waals surface area contributed by atoms with Crippen molar-refractivity contribution in [2.45, 2.75) is 39.3 Å². The van der Waals surface area contributed by atoms with Gasteiger partial charge >= 0.3 is 0 Å². The highest BCUT2D eigenvalue weighted by atomic mass is 16.2. The number of fused-ring (bicyclic) bond motifs is 3. The molecule has 1 amide bonds. The molecule has 5 rings (SSSR count). The molecule has 3 aromatic rings. The summed E-state index contributed by atoms with van der Waals surface area (Å²) in [4.78, 5) is 20.8. The maximum atomic E-state index is 12.9. The molecule has 0 bridgehead atoms. The van der Waals surface area contributed by atoms with E-state index >= 15 is 0 Å². The zero-order valence-corrected chi connectivity index (χ0v) is 17.2. The lowest BCUT2D eigenvalue weighted by molar-refractivity contribution is 0.0753. The number of carbonyl (C=O) groups is 1. The Bertz CT molecular complexity index is 1020. The van der Waals surface area contributed by atoms with Crippen LogP contribution in [0, 0.1) is 12.8 Å². The molecule has 2 aromatic carbocycles. The van der Waals surface area contributed by atoms with Crippen LogP contribution in [0.1, 0.15) is 46.4 Å². The number of aryl methyl sites for hydroxylation is 1. The Morgan fingerprint density at radius 2 is 1.86 bits per heavy atom. The van der Waals surface area contributed by atoms with E-state index in [1.54, 1.807) is 0 Å². The van der Waals surface area contributed by atoms with Crippen LogP contribution in [0.15, 0.2) is 48.5 Å². The number of hydrogen-bond acceptors (Lipinski definition) is 2. The van der Waals surface area contributed by atoms with Gasteiger partial charge in [-0.3, -0.25) is 9.69 Å². The van der Waals surface area contributed by atoms with Crippen LogP contribution in [0.3, 0.4) is 0 Å². The van der Waals surface area contributed by atoms with Crippen molar-refractivity contribution in [3.05, 3.63) is 70.9 Å². The van der Waals surface area contributed by atoms with Gasteiger partial charge in [-0.05, 0) is 62.9 Å². The molecule has 1 aromatic heterocycles. The third-order valence-electron chi connectivity index (χ3n) is 6.68. The number of aromatic nitrogens is 1. The second-order valence-corrected chi connectivity index (χ2v) is 8.75. The van der Waals surface area contributed by atoms with Gasteiger partial charge in [0.2, 0.25) is 0 Å². The van der Waals surface area contributed by atoms with Gasteiger partial charge in [-0.25, -0.2) is 0 Å². The fourth-order valence-corrected chi connectivity index (χ4v) is 4.92. The zero-order valence-electron chi connectivity index (χ0n) is 17.2. The van der Waals surface area contributed by atoms with Gasteiger partial charge in [0.25, 0.3) is 5.91 Å². The summed E-state index contributed by atoms with van der Waals surface area (Å²) in [7, 11) is 0. The summed E-state index contributed by atoms with van der Waals surface area (Å²) in [5.41, 5.74) is 5.72. The van der Waals surface area contributed by atoms with E-state index in [9.17, 15) is 4.79 Å². The van der Waals surface area contributed by atoms with Crippen LogP contribution < -0.4 is 0 Å². The molecule has 150 valence electrons. The number of amides is 1. The van der Waals surface area contributed by atoms with E-state index in [-0.39, 0.29) is 5.91 Å². The number of likely N-dealkylation sites (tertiary alicyclic amines) is 1. The zero-order chi connectivity index (χ0) is 19.8. The van der Waals surface area contributed by atoms with Crippen molar-refractivity contribution >= 4 is 16.8 Å². The molecule has 29 heavy (non-hydrogen) atoms. The van der Waals surface area contributed by atoms with E-state index in [1.165, 1.54) is 34.9 Å². The third-order valence-corrected chi connectivity index (χ3v) is 6.68. The number of H-pyrrole nitrogens is 1. The molecule has 0 radical (unpaired) electrons. The standard InChI is InChI=1S/C25H29N3O/c1-18-7-8-23-21(15-18)22-17-28(25(29)24(22)26-23)14-11-19-9-12-27(13-10-19)16-20-5-3-2-4-6-20/h2-8,15,19,26H,9-14,16-17H2,1H3. The smallest absolute Gasteiger partial charge is 0.270 e. The van der Waals surface area contributed by atoms with Gasteiger partial charge in [-0.15, -0.1) is 0 Å². The molecule has 2 aliphatic rings.